The molecule has 9 rings (SSSR count). The van der Waals surface area contributed by atoms with E-state index in [1.165, 1.54) is 21.5 Å². The van der Waals surface area contributed by atoms with Crippen LogP contribution in [-0.2, 0) is 0 Å². The zero-order chi connectivity index (χ0) is 29.7. The van der Waals surface area contributed by atoms with Gasteiger partial charge in [-0.2, -0.15) is 0 Å². The van der Waals surface area contributed by atoms with Crippen LogP contribution in [0.1, 0.15) is 22.9 Å². The van der Waals surface area contributed by atoms with Gasteiger partial charge in [0.2, 0.25) is 0 Å². The molecule has 2 heterocycles. The zero-order valence-corrected chi connectivity index (χ0v) is 24.3. The minimum absolute atomic E-state index is 0.418. The molecule has 0 fully saturated rings. The molecule has 45 heavy (non-hydrogen) atoms. The second-order valence-corrected chi connectivity index (χ2v) is 11.5. The number of amidine groups is 2. The van der Waals surface area contributed by atoms with E-state index in [4.69, 9.17) is 14.4 Å². The normalized spacial score (nSPS) is 14.9. The molecule has 0 saturated heterocycles. The van der Waals surface area contributed by atoms with E-state index in [1.54, 1.807) is 0 Å². The fraction of sp³-hybridized carbons (Fsp3) is 0.0244. The van der Waals surface area contributed by atoms with E-state index in [0.29, 0.717) is 0 Å². The van der Waals surface area contributed by atoms with E-state index >= 15 is 0 Å². The lowest BCUT2D eigenvalue weighted by Crippen LogP contribution is -2.36. The van der Waals surface area contributed by atoms with E-state index < -0.39 is 6.17 Å². The molecule has 4 nitrogen and oxygen atoms in total. The largest absolute Gasteiger partial charge is 0.456 e. The number of aliphatic imine (C=N–C) groups is 2. The monoisotopic (exact) mass is 577 g/mol. The van der Waals surface area contributed by atoms with E-state index in [9.17, 15) is 0 Å². The third-order valence-corrected chi connectivity index (χ3v) is 8.67. The fourth-order valence-corrected chi connectivity index (χ4v) is 6.42. The molecular formula is C41H27N3O. The van der Waals surface area contributed by atoms with Gasteiger partial charge in [-0.3, -0.25) is 0 Å². The summed E-state index contributed by atoms with van der Waals surface area (Å²) in [7, 11) is 0. The van der Waals surface area contributed by atoms with Gasteiger partial charge in [0.15, 0.2) is 6.17 Å². The first-order chi connectivity index (χ1) is 22.3. The van der Waals surface area contributed by atoms with Crippen LogP contribution in [0, 0.1) is 0 Å². The molecule has 212 valence electrons. The Bertz CT molecular complexity index is 2470. The number of para-hydroxylation sites is 1. The van der Waals surface area contributed by atoms with Crippen LogP contribution in [0.4, 0.5) is 0 Å². The highest BCUT2D eigenvalue weighted by molar-refractivity contribution is 6.24. The molecule has 0 amide bonds. The maximum absolute atomic E-state index is 6.49. The molecule has 1 atom stereocenters. The van der Waals surface area contributed by atoms with Crippen molar-refractivity contribution in [3.05, 3.63) is 168 Å². The lowest BCUT2D eigenvalue weighted by Gasteiger charge is -2.23. The summed E-state index contributed by atoms with van der Waals surface area (Å²) in [5, 5.41) is 10.5. The lowest BCUT2D eigenvalue weighted by molar-refractivity contribution is 0.669. The Morgan fingerprint density at radius 1 is 0.467 bits per heavy atom. The van der Waals surface area contributed by atoms with Gasteiger partial charge >= 0.3 is 0 Å². The van der Waals surface area contributed by atoms with Gasteiger partial charge in [0.05, 0.1) is 0 Å². The van der Waals surface area contributed by atoms with Gasteiger partial charge in [0.25, 0.3) is 0 Å². The van der Waals surface area contributed by atoms with Crippen LogP contribution < -0.4 is 5.32 Å². The van der Waals surface area contributed by atoms with Crippen molar-refractivity contribution in [2.24, 2.45) is 9.98 Å². The maximum Gasteiger partial charge on any atom is 0.169 e. The molecule has 1 aromatic heterocycles. The Balaban J connectivity index is 1.28. The smallest absolute Gasteiger partial charge is 0.169 e. The molecule has 4 heteroatoms. The summed E-state index contributed by atoms with van der Waals surface area (Å²) < 4.78 is 6.49. The van der Waals surface area contributed by atoms with Gasteiger partial charge in [0.1, 0.15) is 22.8 Å². The molecule has 0 saturated carbocycles. The number of rotatable bonds is 4. The highest BCUT2D eigenvalue weighted by Crippen LogP contribution is 2.37. The Morgan fingerprint density at radius 2 is 1.13 bits per heavy atom. The Labute approximate surface area is 260 Å². The average Bonchev–Trinajstić information content (AvgIpc) is 3.49. The minimum atomic E-state index is -0.418. The SMILES string of the molecule is c1ccc(C2=NC(c3ccc4ccccc4c3)N=C(c3cc(-c4ccc5ccccc5c4)cc4oc5ccccc5c34)N2)cc1. The van der Waals surface area contributed by atoms with E-state index in [-0.39, 0.29) is 0 Å². The molecular weight excluding hydrogens is 550 g/mol. The number of nitrogens with zero attached hydrogens (tertiary/aromatic N) is 2. The summed E-state index contributed by atoms with van der Waals surface area (Å²) in [4.78, 5) is 10.4. The standard InChI is InChI=1S/C41H27N3O/c1-2-12-28(13-3-1)39-42-40(32-21-19-27-11-5-7-15-30(27)23-32)44-41(43-39)35-24-33(31-20-18-26-10-4-6-14-29(26)22-31)25-37-38(35)34-16-8-9-17-36(34)45-37/h1-25,40H,(H,42,43,44). The van der Waals surface area contributed by atoms with Crippen molar-refractivity contribution in [2.45, 2.75) is 6.17 Å². The summed E-state index contributed by atoms with van der Waals surface area (Å²) >= 11 is 0. The molecule has 1 unspecified atom stereocenters. The first-order valence-corrected chi connectivity index (χ1v) is 15.2. The van der Waals surface area contributed by atoms with Crippen molar-refractivity contribution in [1.82, 2.24) is 5.32 Å². The highest BCUT2D eigenvalue weighted by atomic mass is 16.3. The van der Waals surface area contributed by atoms with Crippen LogP contribution in [0.2, 0.25) is 0 Å². The lowest BCUT2D eigenvalue weighted by atomic mass is 9.96. The quantitative estimate of drug-likeness (QED) is 0.226. The third-order valence-electron chi connectivity index (χ3n) is 8.67. The molecule has 7 aromatic carbocycles. The van der Waals surface area contributed by atoms with Crippen LogP contribution >= 0.6 is 0 Å². The first kappa shape index (κ1) is 25.5. The summed E-state index contributed by atoms with van der Waals surface area (Å²) in [6.07, 6.45) is -0.418. The Kier molecular flexibility index (Phi) is 5.85. The molecule has 0 aliphatic carbocycles. The molecule has 1 aliphatic rings. The summed E-state index contributed by atoms with van der Waals surface area (Å²) in [6, 6.07) is 52.9. The van der Waals surface area contributed by atoms with Crippen LogP contribution in [0.25, 0.3) is 54.6 Å². The summed E-state index contributed by atoms with van der Waals surface area (Å²) in [5.74, 6) is 1.55. The van der Waals surface area contributed by atoms with Gasteiger partial charge in [-0.15, -0.1) is 0 Å². The molecule has 8 aromatic rings. The highest BCUT2D eigenvalue weighted by Gasteiger charge is 2.24. The number of hydrogen-bond acceptors (Lipinski definition) is 4. The molecule has 0 bridgehead atoms. The number of hydrogen-bond donors (Lipinski definition) is 1. The predicted octanol–water partition coefficient (Wildman–Crippen LogP) is 10.1. The minimum Gasteiger partial charge on any atom is -0.456 e. The van der Waals surface area contributed by atoms with Crippen molar-refractivity contribution in [2.75, 3.05) is 0 Å². The maximum atomic E-state index is 6.49. The van der Waals surface area contributed by atoms with Gasteiger partial charge in [-0.1, -0.05) is 121 Å². The zero-order valence-electron chi connectivity index (χ0n) is 24.3. The second-order valence-electron chi connectivity index (χ2n) is 11.5. The van der Waals surface area contributed by atoms with Gasteiger partial charge < -0.3 is 9.73 Å². The number of benzene rings is 7. The van der Waals surface area contributed by atoms with Crippen LogP contribution in [0.5, 0.6) is 0 Å². The van der Waals surface area contributed by atoms with Crippen molar-refractivity contribution >= 4 is 55.2 Å². The molecule has 1 aliphatic heterocycles. The van der Waals surface area contributed by atoms with Gasteiger partial charge in [-0.05, 0) is 68.6 Å². The average molecular weight is 578 g/mol. The Hall–Kier alpha value is -6.00. The van der Waals surface area contributed by atoms with Crippen LogP contribution in [-0.4, -0.2) is 11.7 Å². The molecule has 1 N–H and O–H groups in total. The van der Waals surface area contributed by atoms with Crippen molar-refractivity contribution in [3.63, 3.8) is 0 Å². The molecule has 0 spiro atoms. The first-order valence-electron chi connectivity index (χ1n) is 15.2. The predicted molar refractivity (Wildman–Crippen MR) is 186 cm³/mol. The second kappa shape index (κ2) is 10.3. The molecule has 0 radical (unpaired) electrons. The Morgan fingerprint density at radius 3 is 1.96 bits per heavy atom. The van der Waals surface area contributed by atoms with Crippen molar-refractivity contribution in [3.8, 4) is 11.1 Å². The van der Waals surface area contributed by atoms with E-state index in [0.717, 1.165) is 61.4 Å². The topological polar surface area (TPSA) is 49.9 Å². The van der Waals surface area contributed by atoms with Crippen molar-refractivity contribution < 1.29 is 4.42 Å². The number of furan rings is 1. The number of nitrogens with one attached hydrogen (secondary N) is 1. The summed E-state index contributed by atoms with van der Waals surface area (Å²) in [5.41, 5.74) is 6.90. The third kappa shape index (κ3) is 4.47. The van der Waals surface area contributed by atoms with Crippen molar-refractivity contribution in [1.29, 1.82) is 0 Å². The van der Waals surface area contributed by atoms with Gasteiger partial charge in [0, 0.05) is 21.9 Å². The van der Waals surface area contributed by atoms with Crippen LogP contribution in [0.15, 0.2) is 166 Å². The summed E-state index contributed by atoms with van der Waals surface area (Å²) in [6.45, 7) is 0. The van der Waals surface area contributed by atoms with Crippen LogP contribution in [0.3, 0.4) is 0 Å². The van der Waals surface area contributed by atoms with E-state index in [2.05, 4.69) is 127 Å². The van der Waals surface area contributed by atoms with E-state index in [1.807, 2.05) is 30.3 Å². The van der Waals surface area contributed by atoms with Gasteiger partial charge in [-0.25, -0.2) is 9.98 Å². The fourth-order valence-electron chi connectivity index (χ4n) is 6.42. The number of fused-ring (bicyclic) bond motifs is 5.